The molecule has 1 aliphatic rings. The highest BCUT2D eigenvalue weighted by molar-refractivity contribution is 14.0. The van der Waals surface area contributed by atoms with Crippen molar-refractivity contribution in [2.45, 2.75) is 19.6 Å². The van der Waals surface area contributed by atoms with Crippen LogP contribution in [0.15, 0.2) is 53.5 Å². The Labute approximate surface area is 197 Å². The number of hydrogen-bond donors (Lipinski definition) is 2. The maximum atomic E-state index is 12.6. The summed E-state index contributed by atoms with van der Waals surface area (Å²) >= 11 is 5.99. The van der Waals surface area contributed by atoms with E-state index >= 15 is 0 Å². The maximum Gasteiger partial charge on any atom is 0.387 e. The Kier molecular flexibility index (Phi) is 9.90. The standard InChI is InChI=1S/C21H25ClF2N4O.HI/c1-25-21(27-13-16-11-17(22)7-8-19(16)29-20(23)24)26-12-15-9-10-28(14-15)18-5-3-2-4-6-18;/h2-8,11,15,20H,9-10,12-14H2,1H3,(H2,25,26,27);1H. The van der Waals surface area contributed by atoms with Crippen molar-refractivity contribution in [3.8, 4) is 5.75 Å². The molecule has 0 amide bonds. The van der Waals surface area contributed by atoms with E-state index in [-0.39, 0.29) is 36.3 Å². The Morgan fingerprint density at radius 3 is 2.70 bits per heavy atom. The summed E-state index contributed by atoms with van der Waals surface area (Å²) in [5.41, 5.74) is 1.78. The smallest absolute Gasteiger partial charge is 0.387 e. The van der Waals surface area contributed by atoms with Crippen molar-refractivity contribution in [1.29, 1.82) is 0 Å². The summed E-state index contributed by atoms with van der Waals surface area (Å²) in [5.74, 6) is 1.20. The average Bonchev–Trinajstić information content (AvgIpc) is 3.19. The van der Waals surface area contributed by atoms with Crippen molar-refractivity contribution in [3.63, 3.8) is 0 Å². The van der Waals surface area contributed by atoms with Gasteiger partial charge in [-0.3, -0.25) is 4.99 Å². The minimum absolute atomic E-state index is 0. The number of nitrogens with zero attached hydrogens (tertiary/aromatic N) is 2. The molecule has 0 spiro atoms. The molecule has 30 heavy (non-hydrogen) atoms. The predicted octanol–water partition coefficient (Wildman–Crippen LogP) is 4.75. The first-order valence-corrected chi connectivity index (χ1v) is 9.90. The SMILES string of the molecule is CN=C(NCc1cc(Cl)ccc1OC(F)F)NCC1CCN(c2ccccc2)C1.I. The number of halogens is 4. The van der Waals surface area contributed by atoms with Crippen molar-refractivity contribution >= 4 is 47.2 Å². The van der Waals surface area contributed by atoms with Gasteiger partial charge in [-0.05, 0) is 42.7 Å². The Morgan fingerprint density at radius 2 is 2.00 bits per heavy atom. The van der Waals surface area contributed by atoms with Gasteiger partial charge in [0.1, 0.15) is 5.75 Å². The Balaban J connectivity index is 0.00000320. The van der Waals surface area contributed by atoms with Crippen molar-refractivity contribution in [2.24, 2.45) is 10.9 Å². The van der Waals surface area contributed by atoms with Crippen molar-refractivity contribution < 1.29 is 13.5 Å². The zero-order valence-corrected chi connectivity index (χ0v) is 19.7. The van der Waals surface area contributed by atoms with E-state index < -0.39 is 6.61 Å². The van der Waals surface area contributed by atoms with Gasteiger partial charge in [0.2, 0.25) is 0 Å². The van der Waals surface area contributed by atoms with Gasteiger partial charge in [-0.2, -0.15) is 8.78 Å². The van der Waals surface area contributed by atoms with Gasteiger partial charge in [0.25, 0.3) is 0 Å². The zero-order chi connectivity index (χ0) is 20.6. The van der Waals surface area contributed by atoms with Crippen LogP contribution in [0.1, 0.15) is 12.0 Å². The quantitative estimate of drug-likeness (QED) is 0.297. The van der Waals surface area contributed by atoms with Gasteiger partial charge < -0.3 is 20.3 Å². The molecule has 0 bridgehead atoms. The fraction of sp³-hybridized carbons (Fsp3) is 0.381. The van der Waals surface area contributed by atoms with E-state index in [0.717, 1.165) is 26.1 Å². The molecule has 2 aromatic rings. The fourth-order valence-corrected chi connectivity index (χ4v) is 3.60. The first-order valence-electron chi connectivity index (χ1n) is 9.53. The second-order valence-corrected chi connectivity index (χ2v) is 7.31. The van der Waals surface area contributed by atoms with E-state index in [4.69, 9.17) is 11.6 Å². The summed E-state index contributed by atoms with van der Waals surface area (Å²) in [6, 6.07) is 14.9. The first kappa shape index (κ1) is 24.5. The van der Waals surface area contributed by atoms with E-state index in [1.165, 1.54) is 17.8 Å². The third-order valence-corrected chi connectivity index (χ3v) is 5.11. The van der Waals surface area contributed by atoms with Gasteiger partial charge in [0.05, 0.1) is 0 Å². The molecule has 5 nitrogen and oxygen atoms in total. The van der Waals surface area contributed by atoms with Gasteiger partial charge in [-0.25, -0.2) is 0 Å². The number of hydrogen-bond acceptors (Lipinski definition) is 3. The van der Waals surface area contributed by atoms with Gasteiger partial charge in [0, 0.05) is 49.5 Å². The molecule has 0 aliphatic carbocycles. The highest BCUT2D eigenvalue weighted by Gasteiger charge is 2.22. The number of anilines is 1. The monoisotopic (exact) mass is 550 g/mol. The number of aliphatic imine (C=N–C) groups is 1. The largest absolute Gasteiger partial charge is 0.434 e. The third-order valence-electron chi connectivity index (χ3n) is 4.87. The Morgan fingerprint density at radius 1 is 1.23 bits per heavy atom. The number of benzene rings is 2. The molecule has 0 aromatic heterocycles. The van der Waals surface area contributed by atoms with E-state index in [2.05, 4.69) is 49.5 Å². The molecule has 1 aliphatic heterocycles. The van der Waals surface area contributed by atoms with Crippen LogP contribution in [0.4, 0.5) is 14.5 Å². The van der Waals surface area contributed by atoms with Gasteiger partial charge >= 0.3 is 6.61 Å². The number of nitrogens with one attached hydrogen (secondary N) is 2. The molecule has 1 atom stereocenters. The predicted molar refractivity (Wildman–Crippen MR) is 128 cm³/mol. The molecule has 9 heteroatoms. The topological polar surface area (TPSA) is 48.9 Å². The number of rotatable bonds is 7. The molecule has 1 fully saturated rings. The number of alkyl halides is 2. The normalized spacial score (nSPS) is 16.4. The Hall–Kier alpha value is -1.81. The molecule has 1 heterocycles. The van der Waals surface area contributed by atoms with E-state index in [1.807, 2.05) is 6.07 Å². The highest BCUT2D eigenvalue weighted by atomic mass is 127. The number of para-hydroxylation sites is 1. The first-order chi connectivity index (χ1) is 14.0. The van der Waals surface area contributed by atoms with Crippen LogP contribution in [0.2, 0.25) is 5.02 Å². The summed E-state index contributed by atoms with van der Waals surface area (Å²) < 4.78 is 29.8. The van der Waals surface area contributed by atoms with Gasteiger partial charge in [0.15, 0.2) is 5.96 Å². The third kappa shape index (κ3) is 7.16. The lowest BCUT2D eigenvalue weighted by Gasteiger charge is -2.19. The minimum Gasteiger partial charge on any atom is -0.434 e. The highest BCUT2D eigenvalue weighted by Crippen LogP contribution is 2.25. The second-order valence-electron chi connectivity index (χ2n) is 6.87. The summed E-state index contributed by atoms with van der Waals surface area (Å²) in [6.07, 6.45) is 1.10. The van der Waals surface area contributed by atoms with Crippen molar-refractivity contribution in [1.82, 2.24) is 10.6 Å². The van der Waals surface area contributed by atoms with Gasteiger partial charge in [-0.15, -0.1) is 24.0 Å². The van der Waals surface area contributed by atoms with Crippen LogP contribution in [0, 0.1) is 5.92 Å². The van der Waals surface area contributed by atoms with E-state index in [1.54, 1.807) is 13.1 Å². The number of guanidine groups is 1. The molecule has 1 saturated heterocycles. The Bertz CT molecular complexity index is 826. The van der Waals surface area contributed by atoms with Crippen molar-refractivity contribution in [3.05, 3.63) is 59.1 Å². The summed E-state index contributed by atoms with van der Waals surface area (Å²) in [6.45, 7) is 0.165. The van der Waals surface area contributed by atoms with Crippen LogP contribution in [-0.2, 0) is 6.54 Å². The summed E-state index contributed by atoms with van der Waals surface area (Å²) in [5, 5.41) is 6.91. The van der Waals surface area contributed by atoms with Crippen LogP contribution in [-0.4, -0.2) is 39.3 Å². The van der Waals surface area contributed by atoms with Crippen LogP contribution >= 0.6 is 35.6 Å². The second kappa shape index (κ2) is 12.1. The molecule has 2 aromatic carbocycles. The molecule has 1 unspecified atom stereocenters. The molecular weight excluding hydrogens is 525 g/mol. The molecule has 3 rings (SSSR count). The van der Waals surface area contributed by atoms with E-state index in [0.29, 0.717) is 22.5 Å². The molecule has 0 radical (unpaired) electrons. The summed E-state index contributed by atoms with van der Waals surface area (Å²) in [7, 11) is 1.68. The average molecular weight is 551 g/mol. The molecular formula is C21H26ClF2IN4O. The summed E-state index contributed by atoms with van der Waals surface area (Å²) in [4.78, 5) is 6.59. The molecule has 0 saturated carbocycles. The number of ether oxygens (including phenoxy) is 1. The minimum atomic E-state index is -2.89. The maximum absolute atomic E-state index is 12.6. The fourth-order valence-electron chi connectivity index (χ4n) is 3.41. The van der Waals surface area contributed by atoms with Gasteiger partial charge in [-0.1, -0.05) is 29.8 Å². The zero-order valence-electron chi connectivity index (χ0n) is 16.7. The lowest BCUT2D eigenvalue weighted by molar-refractivity contribution is -0.0504. The van der Waals surface area contributed by atoms with Crippen LogP contribution in [0.3, 0.4) is 0 Å². The van der Waals surface area contributed by atoms with Crippen LogP contribution in [0.25, 0.3) is 0 Å². The van der Waals surface area contributed by atoms with Crippen LogP contribution in [0.5, 0.6) is 5.75 Å². The van der Waals surface area contributed by atoms with Crippen molar-refractivity contribution in [2.75, 3.05) is 31.6 Å². The lowest BCUT2D eigenvalue weighted by Crippen LogP contribution is -2.40. The van der Waals surface area contributed by atoms with E-state index in [9.17, 15) is 8.78 Å². The van der Waals surface area contributed by atoms with Crippen LogP contribution < -0.4 is 20.3 Å². The lowest BCUT2D eigenvalue weighted by atomic mass is 10.1. The molecule has 164 valence electrons. The molecule has 2 N–H and O–H groups in total.